The number of amides is 1. The third-order valence-corrected chi connectivity index (χ3v) is 3.66. The minimum Gasteiger partial charge on any atom is -0.397 e. The van der Waals surface area contributed by atoms with Gasteiger partial charge in [0.05, 0.1) is 24.5 Å². The Bertz CT molecular complexity index is 481. The molecule has 1 atom stereocenters. The van der Waals surface area contributed by atoms with E-state index in [1.165, 1.54) is 0 Å². The summed E-state index contributed by atoms with van der Waals surface area (Å²) in [6.45, 7) is 2.93. The number of carbonyl (C=O) groups is 1. The molecule has 0 spiro atoms. The number of hydrogen-bond donors (Lipinski definition) is 2. The van der Waals surface area contributed by atoms with E-state index in [2.05, 4.69) is 10.2 Å². The Morgan fingerprint density at radius 3 is 3.15 bits per heavy atom. The molecule has 6 heteroatoms. The van der Waals surface area contributed by atoms with E-state index in [4.69, 9.17) is 22.1 Å². The Morgan fingerprint density at radius 1 is 1.60 bits per heavy atom. The first-order chi connectivity index (χ1) is 9.58. The van der Waals surface area contributed by atoms with Gasteiger partial charge in [-0.25, -0.2) is 0 Å². The second kappa shape index (κ2) is 6.92. The van der Waals surface area contributed by atoms with Gasteiger partial charge in [0, 0.05) is 18.7 Å². The van der Waals surface area contributed by atoms with E-state index in [1.54, 1.807) is 25.3 Å². The molecule has 2 rings (SSSR count). The third-order valence-electron chi connectivity index (χ3n) is 3.43. The van der Waals surface area contributed by atoms with Gasteiger partial charge in [0.25, 0.3) is 0 Å². The van der Waals surface area contributed by atoms with Gasteiger partial charge in [0.1, 0.15) is 0 Å². The molecule has 1 aromatic rings. The van der Waals surface area contributed by atoms with E-state index in [9.17, 15) is 4.79 Å². The molecule has 110 valence electrons. The molecule has 0 saturated carbocycles. The van der Waals surface area contributed by atoms with Crippen LogP contribution in [-0.4, -0.2) is 44.2 Å². The number of hydrogen-bond acceptors (Lipinski definition) is 4. The highest BCUT2D eigenvalue weighted by Crippen LogP contribution is 2.23. The van der Waals surface area contributed by atoms with Crippen molar-refractivity contribution < 1.29 is 9.53 Å². The van der Waals surface area contributed by atoms with E-state index >= 15 is 0 Å². The number of nitrogen functional groups attached to an aromatic ring is 1. The van der Waals surface area contributed by atoms with Crippen molar-refractivity contribution in [2.75, 3.05) is 44.4 Å². The molecule has 1 fully saturated rings. The monoisotopic (exact) mass is 297 g/mol. The van der Waals surface area contributed by atoms with E-state index in [0.717, 1.165) is 26.1 Å². The van der Waals surface area contributed by atoms with Crippen molar-refractivity contribution in [2.24, 2.45) is 5.92 Å². The number of benzene rings is 1. The first-order valence-corrected chi connectivity index (χ1v) is 7.02. The average Bonchev–Trinajstić information content (AvgIpc) is 2.81. The first kappa shape index (κ1) is 15.1. The molecule has 20 heavy (non-hydrogen) atoms. The van der Waals surface area contributed by atoms with Crippen molar-refractivity contribution >= 4 is 28.9 Å². The molecule has 1 aliphatic heterocycles. The number of nitrogens with one attached hydrogen (secondary N) is 1. The molecular formula is C14H20ClN3O2. The van der Waals surface area contributed by atoms with Gasteiger partial charge in [-0.3, -0.25) is 9.69 Å². The number of methoxy groups -OCH3 is 1. The SMILES string of the molecule is COCC1CCN(CC(=O)Nc2cc(Cl)ccc2N)C1. The number of nitrogens with two attached hydrogens (primary N) is 1. The van der Waals surface area contributed by atoms with Crippen LogP contribution in [0, 0.1) is 5.92 Å². The first-order valence-electron chi connectivity index (χ1n) is 6.64. The van der Waals surface area contributed by atoms with Crippen molar-refractivity contribution in [3.63, 3.8) is 0 Å². The maximum Gasteiger partial charge on any atom is 0.238 e. The van der Waals surface area contributed by atoms with Crippen LogP contribution < -0.4 is 11.1 Å². The molecule has 5 nitrogen and oxygen atoms in total. The maximum atomic E-state index is 12.0. The number of halogens is 1. The number of likely N-dealkylation sites (tertiary alicyclic amines) is 1. The van der Waals surface area contributed by atoms with Crippen LogP contribution in [0.15, 0.2) is 18.2 Å². The standard InChI is InChI=1S/C14H20ClN3O2/c1-20-9-10-4-5-18(7-10)8-14(19)17-13-6-11(15)2-3-12(13)16/h2-3,6,10H,4-5,7-9,16H2,1H3,(H,17,19). The highest BCUT2D eigenvalue weighted by molar-refractivity contribution is 6.31. The Balaban J connectivity index is 1.85. The Labute approximate surface area is 124 Å². The molecule has 1 heterocycles. The molecule has 1 aliphatic rings. The van der Waals surface area contributed by atoms with Gasteiger partial charge in [-0.2, -0.15) is 0 Å². The molecule has 1 amide bonds. The molecule has 0 bridgehead atoms. The molecular weight excluding hydrogens is 278 g/mol. The summed E-state index contributed by atoms with van der Waals surface area (Å²) in [6.07, 6.45) is 1.07. The number of rotatable bonds is 5. The summed E-state index contributed by atoms with van der Waals surface area (Å²) < 4.78 is 5.15. The maximum absolute atomic E-state index is 12.0. The molecule has 0 radical (unpaired) electrons. The van der Waals surface area contributed by atoms with Gasteiger partial charge in [-0.1, -0.05) is 11.6 Å². The molecule has 0 aliphatic carbocycles. The molecule has 1 saturated heterocycles. The zero-order chi connectivity index (χ0) is 14.5. The summed E-state index contributed by atoms with van der Waals surface area (Å²) in [5.41, 5.74) is 6.88. The Hall–Kier alpha value is -1.30. The summed E-state index contributed by atoms with van der Waals surface area (Å²) in [6, 6.07) is 5.04. The summed E-state index contributed by atoms with van der Waals surface area (Å²) in [5.74, 6) is 0.445. The van der Waals surface area contributed by atoms with Crippen LogP contribution in [0.3, 0.4) is 0 Å². The van der Waals surface area contributed by atoms with Crippen molar-refractivity contribution in [3.8, 4) is 0 Å². The number of anilines is 2. The fourth-order valence-corrected chi connectivity index (χ4v) is 2.63. The van der Waals surface area contributed by atoms with Crippen LogP contribution in [0.4, 0.5) is 11.4 Å². The van der Waals surface area contributed by atoms with Gasteiger partial charge in [0.2, 0.25) is 5.91 Å². The second-order valence-corrected chi connectivity index (χ2v) is 5.56. The van der Waals surface area contributed by atoms with E-state index < -0.39 is 0 Å². The molecule has 1 aromatic carbocycles. The van der Waals surface area contributed by atoms with Gasteiger partial charge in [-0.15, -0.1) is 0 Å². The van der Waals surface area contributed by atoms with Gasteiger partial charge in [-0.05, 0) is 37.1 Å². The molecule has 1 unspecified atom stereocenters. The second-order valence-electron chi connectivity index (χ2n) is 5.12. The number of nitrogens with zero attached hydrogens (tertiary/aromatic N) is 1. The quantitative estimate of drug-likeness (QED) is 0.814. The fourth-order valence-electron chi connectivity index (χ4n) is 2.46. The highest BCUT2D eigenvalue weighted by atomic mass is 35.5. The topological polar surface area (TPSA) is 67.6 Å². The lowest BCUT2D eigenvalue weighted by Crippen LogP contribution is -2.32. The average molecular weight is 298 g/mol. The lowest BCUT2D eigenvalue weighted by Gasteiger charge is -2.16. The lowest BCUT2D eigenvalue weighted by atomic mass is 10.1. The molecule has 0 aromatic heterocycles. The van der Waals surface area contributed by atoms with Gasteiger partial charge >= 0.3 is 0 Å². The minimum atomic E-state index is -0.0722. The summed E-state index contributed by atoms with van der Waals surface area (Å²) >= 11 is 5.89. The normalized spacial score (nSPS) is 19.2. The summed E-state index contributed by atoms with van der Waals surface area (Å²) in [7, 11) is 1.71. The van der Waals surface area contributed by atoms with Crippen molar-refractivity contribution in [2.45, 2.75) is 6.42 Å². The smallest absolute Gasteiger partial charge is 0.238 e. The van der Waals surface area contributed by atoms with Crippen LogP contribution >= 0.6 is 11.6 Å². The third kappa shape index (κ3) is 4.10. The Kier molecular flexibility index (Phi) is 5.23. The van der Waals surface area contributed by atoms with Crippen LogP contribution in [0.1, 0.15) is 6.42 Å². The molecule has 3 N–H and O–H groups in total. The Morgan fingerprint density at radius 2 is 2.40 bits per heavy atom. The van der Waals surface area contributed by atoms with Crippen molar-refractivity contribution in [3.05, 3.63) is 23.2 Å². The van der Waals surface area contributed by atoms with Crippen LogP contribution in [0.5, 0.6) is 0 Å². The van der Waals surface area contributed by atoms with Crippen molar-refractivity contribution in [1.29, 1.82) is 0 Å². The number of carbonyl (C=O) groups excluding carboxylic acids is 1. The van der Waals surface area contributed by atoms with Crippen molar-refractivity contribution in [1.82, 2.24) is 4.90 Å². The van der Waals surface area contributed by atoms with Crippen LogP contribution in [-0.2, 0) is 9.53 Å². The van der Waals surface area contributed by atoms with Crippen LogP contribution in [0.25, 0.3) is 0 Å². The summed E-state index contributed by atoms with van der Waals surface area (Å²) in [5, 5.41) is 3.36. The van der Waals surface area contributed by atoms with Crippen LogP contribution in [0.2, 0.25) is 5.02 Å². The van der Waals surface area contributed by atoms with Gasteiger partial charge < -0.3 is 15.8 Å². The van der Waals surface area contributed by atoms with Gasteiger partial charge in [0.15, 0.2) is 0 Å². The lowest BCUT2D eigenvalue weighted by molar-refractivity contribution is -0.117. The zero-order valence-corrected chi connectivity index (χ0v) is 12.3. The highest BCUT2D eigenvalue weighted by Gasteiger charge is 2.23. The minimum absolute atomic E-state index is 0.0722. The van der Waals surface area contributed by atoms with E-state index in [1.807, 2.05) is 0 Å². The fraction of sp³-hybridized carbons (Fsp3) is 0.500. The number of ether oxygens (including phenoxy) is 1. The van der Waals surface area contributed by atoms with E-state index in [0.29, 0.717) is 28.9 Å². The predicted octanol–water partition coefficient (Wildman–Crippen LogP) is 1.83. The largest absolute Gasteiger partial charge is 0.397 e. The van der Waals surface area contributed by atoms with E-state index in [-0.39, 0.29) is 5.91 Å². The predicted molar refractivity (Wildman–Crippen MR) is 80.9 cm³/mol. The summed E-state index contributed by atoms with van der Waals surface area (Å²) in [4.78, 5) is 14.1. The zero-order valence-electron chi connectivity index (χ0n) is 11.6.